The molecule has 1 heterocycles. The SMILES string of the molecule is c1ccc(-c2ccc(N(c3ccc(-c4ccc5ccccc5c4)cc3)c3ccc(-c4ccc5cc6oc7ccccc7c6cc5c4)cc3)cc2)cc1. The molecule has 0 fully saturated rings. The van der Waals surface area contributed by atoms with Crippen molar-refractivity contribution in [1.29, 1.82) is 0 Å². The molecule has 0 aliphatic carbocycles. The van der Waals surface area contributed by atoms with Gasteiger partial charge >= 0.3 is 0 Å². The summed E-state index contributed by atoms with van der Waals surface area (Å²) >= 11 is 0. The predicted molar refractivity (Wildman–Crippen MR) is 220 cm³/mol. The Balaban J connectivity index is 1.02. The Labute approximate surface area is 302 Å². The van der Waals surface area contributed by atoms with Crippen LogP contribution in [0.5, 0.6) is 0 Å². The fourth-order valence-electron chi connectivity index (χ4n) is 7.50. The Morgan fingerprint density at radius 2 is 0.731 bits per heavy atom. The van der Waals surface area contributed by atoms with Crippen molar-refractivity contribution in [3.05, 3.63) is 200 Å². The van der Waals surface area contributed by atoms with Gasteiger partial charge in [0, 0.05) is 27.8 Å². The third-order valence-corrected chi connectivity index (χ3v) is 10.2. The van der Waals surface area contributed by atoms with E-state index in [0.717, 1.165) is 39.0 Å². The molecule has 0 spiro atoms. The first-order chi connectivity index (χ1) is 25.7. The molecule has 0 aliphatic rings. The molecular weight excluding hydrogens is 631 g/mol. The van der Waals surface area contributed by atoms with Gasteiger partial charge in [0.2, 0.25) is 0 Å². The normalized spacial score (nSPS) is 11.5. The number of hydrogen-bond acceptors (Lipinski definition) is 2. The smallest absolute Gasteiger partial charge is 0.136 e. The number of hydrogen-bond donors (Lipinski definition) is 0. The molecule has 0 atom stereocenters. The number of furan rings is 1. The summed E-state index contributed by atoms with van der Waals surface area (Å²) in [6.45, 7) is 0. The predicted octanol–water partition coefficient (Wildman–Crippen LogP) is 14.4. The summed E-state index contributed by atoms with van der Waals surface area (Å²) in [4.78, 5) is 2.34. The lowest BCUT2D eigenvalue weighted by molar-refractivity contribution is 0.669. The highest BCUT2D eigenvalue weighted by molar-refractivity contribution is 6.10. The molecule has 9 aromatic carbocycles. The Bertz CT molecular complexity index is 2870. The van der Waals surface area contributed by atoms with Gasteiger partial charge in [-0.2, -0.15) is 0 Å². The highest BCUT2D eigenvalue weighted by Gasteiger charge is 2.15. The molecule has 0 N–H and O–H groups in total. The first kappa shape index (κ1) is 30.0. The second-order valence-electron chi connectivity index (χ2n) is 13.4. The van der Waals surface area contributed by atoms with Crippen LogP contribution in [-0.4, -0.2) is 0 Å². The number of rotatable bonds is 6. The largest absolute Gasteiger partial charge is 0.456 e. The van der Waals surface area contributed by atoms with Crippen molar-refractivity contribution in [2.75, 3.05) is 4.90 Å². The van der Waals surface area contributed by atoms with Crippen molar-refractivity contribution in [1.82, 2.24) is 0 Å². The van der Waals surface area contributed by atoms with Gasteiger partial charge in [0.15, 0.2) is 0 Å². The molecule has 0 aliphatic heterocycles. The van der Waals surface area contributed by atoms with Crippen LogP contribution in [0.2, 0.25) is 0 Å². The van der Waals surface area contributed by atoms with Crippen LogP contribution in [0.25, 0.3) is 76.9 Å². The molecule has 2 nitrogen and oxygen atoms in total. The monoisotopic (exact) mass is 663 g/mol. The van der Waals surface area contributed by atoms with Crippen LogP contribution < -0.4 is 4.90 Å². The van der Waals surface area contributed by atoms with Gasteiger partial charge in [-0.1, -0.05) is 133 Å². The molecule has 244 valence electrons. The number of nitrogens with zero attached hydrogens (tertiary/aromatic N) is 1. The molecular formula is C50H33NO. The molecule has 2 heteroatoms. The second-order valence-corrected chi connectivity index (χ2v) is 13.4. The van der Waals surface area contributed by atoms with Gasteiger partial charge in [-0.05, 0) is 122 Å². The Morgan fingerprint density at radius 1 is 0.269 bits per heavy atom. The highest BCUT2D eigenvalue weighted by atomic mass is 16.3. The summed E-state index contributed by atoms with van der Waals surface area (Å²) in [5.41, 5.74) is 12.3. The van der Waals surface area contributed by atoms with E-state index in [0.29, 0.717) is 0 Å². The maximum atomic E-state index is 6.15. The van der Waals surface area contributed by atoms with Crippen molar-refractivity contribution in [3.8, 4) is 33.4 Å². The Kier molecular flexibility index (Phi) is 7.18. The van der Waals surface area contributed by atoms with E-state index in [1.54, 1.807) is 0 Å². The average molecular weight is 664 g/mol. The summed E-state index contributed by atoms with van der Waals surface area (Å²) in [6.07, 6.45) is 0. The van der Waals surface area contributed by atoms with E-state index in [9.17, 15) is 0 Å². The van der Waals surface area contributed by atoms with Crippen LogP contribution in [0.1, 0.15) is 0 Å². The molecule has 0 bridgehead atoms. The van der Waals surface area contributed by atoms with E-state index in [-0.39, 0.29) is 0 Å². The molecule has 0 saturated heterocycles. The van der Waals surface area contributed by atoms with Crippen LogP contribution in [0, 0.1) is 0 Å². The van der Waals surface area contributed by atoms with Crippen molar-refractivity contribution in [2.24, 2.45) is 0 Å². The lowest BCUT2D eigenvalue weighted by Crippen LogP contribution is -2.09. The fourth-order valence-corrected chi connectivity index (χ4v) is 7.50. The van der Waals surface area contributed by atoms with Crippen molar-refractivity contribution < 1.29 is 4.42 Å². The minimum Gasteiger partial charge on any atom is -0.456 e. The zero-order valence-corrected chi connectivity index (χ0v) is 28.4. The lowest BCUT2D eigenvalue weighted by atomic mass is 9.99. The summed E-state index contributed by atoms with van der Waals surface area (Å²) < 4.78 is 6.15. The van der Waals surface area contributed by atoms with E-state index in [4.69, 9.17) is 4.42 Å². The fraction of sp³-hybridized carbons (Fsp3) is 0. The second kappa shape index (κ2) is 12.5. The van der Waals surface area contributed by atoms with Crippen LogP contribution in [0.3, 0.4) is 0 Å². The quantitative estimate of drug-likeness (QED) is 0.176. The average Bonchev–Trinajstić information content (AvgIpc) is 3.58. The number of para-hydroxylation sites is 1. The van der Waals surface area contributed by atoms with Gasteiger partial charge < -0.3 is 9.32 Å². The third-order valence-electron chi connectivity index (χ3n) is 10.2. The standard InChI is InChI=1S/C50H33NO/c1-2-8-34(9-3-1)36-18-24-44(25-19-36)51(45-26-20-37(21-27-45)40-15-14-35-10-4-5-11-39(35)30-40)46-28-22-38(23-29-46)41-16-17-42-33-50-48(32-43(42)31-41)47-12-6-7-13-49(47)52-50/h1-33H. The zero-order chi connectivity index (χ0) is 34.4. The van der Waals surface area contributed by atoms with Crippen LogP contribution >= 0.6 is 0 Å². The molecule has 0 unspecified atom stereocenters. The van der Waals surface area contributed by atoms with Crippen LogP contribution in [0.4, 0.5) is 17.1 Å². The summed E-state index contributed by atoms with van der Waals surface area (Å²) in [7, 11) is 0. The first-order valence-electron chi connectivity index (χ1n) is 17.7. The first-order valence-corrected chi connectivity index (χ1v) is 17.7. The number of benzene rings is 9. The molecule has 1 aromatic heterocycles. The molecule has 0 amide bonds. The van der Waals surface area contributed by atoms with E-state index >= 15 is 0 Å². The van der Waals surface area contributed by atoms with E-state index in [1.807, 2.05) is 12.1 Å². The van der Waals surface area contributed by atoms with Gasteiger partial charge in [0.25, 0.3) is 0 Å². The van der Waals surface area contributed by atoms with Gasteiger partial charge in [-0.15, -0.1) is 0 Å². The van der Waals surface area contributed by atoms with Crippen molar-refractivity contribution in [3.63, 3.8) is 0 Å². The minimum absolute atomic E-state index is 0.922. The molecule has 0 saturated carbocycles. The third kappa shape index (κ3) is 5.39. The van der Waals surface area contributed by atoms with Crippen molar-refractivity contribution >= 4 is 60.5 Å². The van der Waals surface area contributed by atoms with Crippen molar-refractivity contribution in [2.45, 2.75) is 0 Å². The molecule has 10 aromatic rings. The molecule has 52 heavy (non-hydrogen) atoms. The summed E-state index contributed by atoms with van der Waals surface area (Å²) in [5.74, 6) is 0. The van der Waals surface area contributed by atoms with Gasteiger partial charge in [0.1, 0.15) is 11.2 Å². The molecule has 0 radical (unpaired) electrons. The topological polar surface area (TPSA) is 16.4 Å². The van der Waals surface area contributed by atoms with E-state index in [2.05, 4.69) is 193 Å². The Morgan fingerprint density at radius 3 is 1.38 bits per heavy atom. The van der Waals surface area contributed by atoms with Gasteiger partial charge in [-0.3, -0.25) is 0 Å². The maximum Gasteiger partial charge on any atom is 0.136 e. The maximum absolute atomic E-state index is 6.15. The van der Waals surface area contributed by atoms with Crippen LogP contribution in [0.15, 0.2) is 205 Å². The van der Waals surface area contributed by atoms with Crippen LogP contribution in [-0.2, 0) is 0 Å². The minimum atomic E-state index is 0.922. The summed E-state index contributed by atoms with van der Waals surface area (Å²) in [6, 6.07) is 71.8. The number of anilines is 3. The number of fused-ring (bicyclic) bond motifs is 5. The highest BCUT2D eigenvalue weighted by Crippen LogP contribution is 2.39. The van der Waals surface area contributed by atoms with E-state index in [1.165, 1.54) is 54.9 Å². The summed E-state index contributed by atoms with van der Waals surface area (Å²) in [5, 5.41) is 7.17. The lowest BCUT2D eigenvalue weighted by Gasteiger charge is -2.26. The Hall–Kier alpha value is -6.90. The van der Waals surface area contributed by atoms with E-state index < -0.39 is 0 Å². The molecule has 10 rings (SSSR count). The van der Waals surface area contributed by atoms with Gasteiger partial charge in [0.05, 0.1) is 0 Å². The zero-order valence-electron chi connectivity index (χ0n) is 28.4. The van der Waals surface area contributed by atoms with Gasteiger partial charge in [-0.25, -0.2) is 0 Å².